The van der Waals surface area contributed by atoms with Crippen molar-refractivity contribution in [3.8, 4) is 11.3 Å². The molecule has 0 aliphatic heterocycles. The number of rotatable bonds is 5. The Morgan fingerprint density at radius 2 is 1.70 bits per heavy atom. The lowest BCUT2D eigenvalue weighted by atomic mass is 10.1. The van der Waals surface area contributed by atoms with Crippen LogP contribution in [0.1, 0.15) is 5.56 Å². The van der Waals surface area contributed by atoms with Crippen molar-refractivity contribution >= 4 is 20.8 Å². The summed E-state index contributed by atoms with van der Waals surface area (Å²) in [6, 6.07) is 20.3. The third-order valence-electron chi connectivity index (χ3n) is 4.28. The highest BCUT2D eigenvalue weighted by Gasteiger charge is 2.14. The number of benzene rings is 2. The molecule has 0 saturated carbocycles. The monoisotopic (exact) mass is 375 g/mol. The first-order valence-electron chi connectivity index (χ1n) is 8.46. The maximum absolute atomic E-state index is 12.6. The molecule has 0 saturated heterocycles. The molecule has 4 aromatic rings. The molecule has 5 nitrogen and oxygen atoms in total. The van der Waals surface area contributed by atoms with E-state index in [9.17, 15) is 8.42 Å². The summed E-state index contributed by atoms with van der Waals surface area (Å²) < 4.78 is 27.8. The summed E-state index contributed by atoms with van der Waals surface area (Å²) in [7, 11) is -3.60. The zero-order chi connectivity index (χ0) is 18.7. The van der Waals surface area contributed by atoms with Gasteiger partial charge in [-0.25, -0.2) is 13.1 Å². The average molecular weight is 375 g/mol. The van der Waals surface area contributed by atoms with Gasteiger partial charge in [0, 0.05) is 30.7 Å². The van der Waals surface area contributed by atoms with E-state index in [1.165, 1.54) is 0 Å². The molecule has 0 bridgehead atoms. The Balaban J connectivity index is 1.50. The fourth-order valence-corrected chi connectivity index (χ4v) is 3.86. The molecule has 134 valence electrons. The minimum Gasteiger partial charge on any atom is -0.264 e. The van der Waals surface area contributed by atoms with Gasteiger partial charge in [-0.15, -0.1) is 0 Å². The van der Waals surface area contributed by atoms with E-state index in [1.807, 2.05) is 54.6 Å². The molecular formula is C21H17N3O2S. The summed E-state index contributed by atoms with van der Waals surface area (Å²) in [6.45, 7) is 0.176. The first kappa shape index (κ1) is 17.3. The Morgan fingerprint density at radius 1 is 0.852 bits per heavy atom. The average Bonchev–Trinajstić information content (AvgIpc) is 2.73. The quantitative estimate of drug-likeness (QED) is 0.576. The smallest absolute Gasteiger partial charge is 0.240 e. The number of nitrogens with zero attached hydrogens (tertiary/aromatic N) is 2. The van der Waals surface area contributed by atoms with E-state index < -0.39 is 10.0 Å². The summed E-state index contributed by atoms with van der Waals surface area (Å²) in [6.07, 6.45) is 5.12. The standard InChI is InChI=1S/C21H17N3O2S/c25-27(26,20-9-8-17-4-1-2-5-18(17)12-20)24-14-16-7-10-21(23-13-16)19-6-3-11-22-15-19/h1-13,15,24H,14H2. The molecule has 0 aliphatic rings. The highest BCUT2D eigenvalue weighted by Crippen LogP contribution is 2.19. The zero-order valence-corrected chi connectivity index (χ0v) is 15.2. The van der Waals surface area contributed by atoms with Crippen LogP contribution in [0.5, 0.6) is 0 Å². The van der Waals surface area contributed by atoms with E-state index in [-0.39, 0.29) is 11.4 Å². The minimum absolute atomic E-state index is 0.176. The third-order valence-corrected chi connectivity index (χ3v) is 5.68. The van der Waals surface area contributed by atoms with Crippen LogP contribution in [0.15, 0.2) is 90.2 Å². The van der Waals surface area contributed by atoms with Gasteiger partial charge in [-0.05, 0) is 46.7 Å². The van der Waals surface area contributed by atoms with Gasteiger partial charge in [-0.3, -0.25) is 9.97 Å². The maximum atomic E-state index is 12.6. The van der Waals surface area contributed by atoms with Crippen molar-refractivity contribution in [1.82, 2.24) is 14.7 Å². The van der Waals surface area contributed by atoms with E-state index in [0.29, 0.717) is 0 Å². The molecule has 27 heavy (non-hydrogen) atoms. The summed E-state index contributed by atoms with van der Waals surface area (Å²) >= 11 is 0. The second-order valence-electron chi connectivity index (χ2n) is 6.13. The Morgan fingerprint density at radius 3 is 2.44 bits per heavy atom. The van der Waals surface area contributed by atoms with Gasteiger partial charge in [0.25, 0.3) is 0 Å². The molecule has 0 amide bonds. The topological polar surface area (TPSA) is 72.0 Å². The van der Waals surface area contributed by atoms with Crippen LogP contribution in [0.4, 0.5) is 0 Å². The Hall–Kier alpha value is -3.09. The summed E-state index contributed by atoms with van der Waals surface area (Å²) in [4.78, 5) is 8.72. The predicted molar refractivity (Wildman–Crippen MR) is 105 cm³/mol. The van der Waals surface area contributed by atoms with Gasteiger partial charge in [-0.1, -0.05) is 36.4 Å². The molecule has 0 atom stereocenters. The second kappa shape index (κ2) is 7.26. The van der Waals surface area contributed by atoms with Crippen LogP contribution < -0.4 is 4.72 Å². The fourth-order valence-electron chi connectivity index (χ4n) is 2.81. The van der Waals surface area contributed by atoms with E-state index >= 15 is 0 Å². The number of hydrogen-bond donors (Lipinski definition) is 1. The molecule has 2 heterocycles. The van der Waals surface area contributed by atoms with Crippen LogP contribution in [0.3, 0.4) is 0 Å². The van der Waals surface area contributed by atoms with Crippen LogP contribution in [-0.4, -0.2) is 18.4 Å². The van der Waals surface area contributed by atoms with Crippen molar-refractivity contribution in [2.75, 3.05) is 0 Å². The van der Waals surface area contributed by atoms with Gasteiger partial charge in [-0.2, -0.15) is 0 Å². The number of aromatic nitrogens is 2. The number of fused-ring (bicyclic) bond motifs is 1. The molecule has 0 aliphatic carbocycles. The molecular weight excluding hydrogens is 358 g/mol. The van der Waals surface area contributed by atoms with Crippen molar-refractivity contribution in [3.05, 3.63) is 90.9 Å². The van der Waals surface area contributed by atoms with E-state index in [2.05, 4.69) is 14.7 Å². The highest BCUT2D eigenvalue weighted by molar-refractivity contribution is 7.89. The molecule has 6 heteroatoms. The van der Waals surface area contributed by atoms with E-state index in [4.69, 9.17) is 0 Å². The van der Waals surface area contributed by atoms with Gasteiger partial charge in [0.2, 0.25) is 10.0 Å². The van der Waals surface area contributed by atoms with Gasteiger partial charge in [0.1, 0.15) is 0 Å². The minimum atomic E-state index is -3.60. The molecule has 2 aromatic heterocycles. The SMILES string of the molecule is O=S(=O)(NCc1ccc(-c2cccnc2)nc1)c1ccc2ccccc2c1. The second-order valence-corrected chi connectivity index (χ2v) is 7.89. The predicted octanol–water partition coefficient (Wildman–Crippen LogP) is 3.78. The lowest BCUT2D eigenvalue weighted by molar-refractivity contribution is 0.581. The molecule has 2 aromatic carbocycles. The molecule has 0 unspecified atom stereocenters. The Labute approximate surface area is 157 Å². The summed E-state index contributed by atoms with van der Waals surface area (Å²) in [5, 5.41) is 1.90. The largest absolute Gasteiger partial charge is 0.264 e. The Bertz CT molecular complexity index is 1170. The normalized spacial score (nSPS) is 11.6. The zero-order valence-electron chi connectivity index (χ0n) is 14.4. The first-order valence-corrected chi connectivity index (χ1v) is 9.94. The van der Waals surface area contributed by atoms with Crippen LogP contribution in [0.2, 0.25) is 0 Å². The van der Waals surface area contributed by atoms with Crippen LogP contribution in [0.25, 0.3) is 22.0 Å². The van der Waals surface area contributed by atoms with E-state index in [0.717, 1.165) is 27.6 Å². The van der Waals surface area contributed by atoms with E-state index in [1.54, 1.807) is 30.7 Å². The number of sulfonamides is 1. The number of pyridine rings is 2. The summed E-state index contributed by atoms with van der Waals surface area (Å²) in [5.74, 6) is 0. The molecule has 0 radical (unpaired) electrons. The van der Waals surface area contributed by atoms with Crippen molar-refractivity contribution < 1.29 is 8.42 Å². The number of nitrogens with one attached hydrogen (secondary N) is 1. The maximum Gasteiger partial charge on any atom is 0.240 e. The molecule has 0 fully saturated rings. The van der Waals surface area contributed by atoms with Crippen molar-refractivity contribution in [3.63, 3.8) is 0 Å². The Kier molecular flexibility index (Phi) is 4.66. The van der Waals surface area contributed by atoms with Crippen molar-refractivity contribution in [1.29, 1.82) is 0 Å². The van der Waals surface area contributed by atoms with Gasteiger partial charge in [0.15, 0.2) is 0 Å². The lowest BCUT2D eigenvalue weighted by Gasteiger charge is -2.08. The number of hydrogen-bond acceptors (Lipinski definition) is 4. The molecule has 1 N–H and O–H groups in total. The van der Waals surface area contributed by atoms with Crippen LogP contribution >= 0.6 is 0 Å². The van der Waals surface area contributed by atoms with Crippen LogP contribution in [-0.2, 0) is 16.6 Å². The highest BCUT2D eigenvalue weighted by atomic mass is 32.2. The van der Waals surface area contributed by atoms with Crippen molar-refractivity contribution in [2.45, 2.75) is 11.4 Å². The first-order chi connectivity index (χ1) is 13.1. The molecule has 4 rings (SSSR count). The van der Waals surface area contributed by atoms with Gasteiger partial charge >= 0.3 is 0 Å². The summed E-state index contributed by atoms with van der Waals surface area (Å²) in [5.41, 5.74) is 2.50. The van der Waals surface area contributed by atoms with Gasteiger partial charge in [0.05, 0.1) is 10.6 Å². The molecule has 0 spiro atoms. The lowest BCUT2D eigenvalue weighted by Crippen LogP contribution is -2.23. The van der Waals surface area contributed by atoms with Crippen LogP contribution in [0, 0.1) is 0 Å². The van der Waals surface area contributed by atoms with Crippen molar-refractivity contribution in [2.24, 2.45) is 0 Å². The van der Waals surface area contributed by atoms with Gasteiger partial charge < -0.3 is 0 Å². The fraction of sp³-hybridized carbons (Fsp3) is 0.0476. The third kappa shape index (κ3) is 3.86.